The largest absolute Gasteiger partial charge is 0.489 e. The second kappa shape index (κ2) is 9.50. The summed E-state index contributed by atoms with van der Waals surface area (Å²) in [7, 11) is 0. The van der Waals surface area contributed by atoms with Crippen molar-refractivity contribution in [2.75, 3.05) is 5.32 Å². The van der Waals surface area contributed by atoms with Crippen molar-refractivity contribution in [2.24, 2.45) is 5.41 Å². The molecular weight excluding hydrogens is 494 g/mol. The molecule has 0 saturated carbocycles. The number of hydrogen-bond donors (Lipinski definition) is 1. The fourth-order valence-electron chi connectivity index (χ4n) is 5.29. The lowest BCUT2D eigenvalue weighted by molar-refractivity contribution is -0.384. The number of aromatic nitrogens is 3. The zero-order valence-corrected chi connectivity index (χ0v) is 21.6. The molecule has 1 unspecified atom stereocenters. The number of Topliss-reactive ketones (excluding diaryl/α,β-unsaturated/α-hetero) is 1. The molecule has 9 nitrogen and oxygen atoms in total. The number of ether oxygens (including phenoxy) is 1. The minimum Gasteiger partial charge on any atom is -0.489 e. The molecule has 1 atom stereocenters. The van der Waals surface area contributed by atoms with E-state index in [1.165, 1.54) is 12.1 Å². The van der Waals surface area contributed by atoms with Gasteiger partial charge in [-0.25, -0.2) is 4.68 Å². The van der Waals surface area contributed by atoms with E-state index in [1.54, 1.807) is 16.8 Å². The van der Waals surface area contributed by atoms with Gasteiger partial charge in [-0.2, -0.15) is 4.98 Å². The summed E-state index contributed by atoms with van der Waals surface area (Å²) in [6, 6.07) is 23.4. The van der Waals surface area contributed by atoms with E-state index in [2.05, 4.69) is 24.1 Å². The second-order valence-electron chi connectivity index (χ2n) is 10.7. The molecule has 196 valence electrons. The van der Waals surface area contributed by atoms with Gasteiger partial charge in [-0.3, -0.25) is 14.9 Å². The molecule has 1 N–H and O–H groups in total. The molecular formula is C30H27N5O4. The normalized spacial score (nSPS) is 17.7. The van der Waals surface area contributed by atoms with Crippen LogP contribution in [0.2, 0.25) is 0 Å². The average molecular weight is 522 g/mol. The summed E-state index contributed by atoms with van der Waals surface area (Å²) in [5, 5.41) is 19.4. The van der Waals surface area contributed by atoms with E-state index in [0.29, 0.717) is 42.4 Å². The minimum atomic E-state index is -0.483. The summed E-state index contributed by atoms with van der Waals surface area (Å²) >= 11 is 0. The summed E-state index contributed by atoms with van der Waals surface area (Å²) in [5.41, 5.74) is 3.78. The standard InChI is InChI=1S/C30H27N5O4/c1-30(2)16-24-26(25(36)17-30)27(20-11-13-23(14-12-20)39-18-19-7-4-3-5-8-19)34-29(31-24)32-28(33-34)21-9-6-10-22(15-21)35(37)38/h3-15,27H,16-18H2,1-2H3,(H,31,32,33). The Morgan fingerprint density at radius 3 is 2.56 bits per heavy atom. The van der Waals surface area contributed by atoms with Crippen molar-refractivity contribution in [1.82, 2.24) is 14.8 Å². The molecule has 3 aromatic carbocycles. The summed E-state index contributed by atoms with van der Waals surface area (Å²) < 4.78 is 7.68. The lowest BCUT2D eigenvalue weighted by atomic mass is 9.73. The number of nitro groups is 1. The van der Waals surface area contributed by atoms with Crippen molar-refractivity contribution < 1.29 is 14.5 Å². The number of nitrogens with one attached hydrogen (secondary N) is 1. The third kappa shape index (κ3) is 4.79. The van der Waals surface area contributed by atoms with Crippen molar-refractivity contribution in [1.29, 1.82) is 0 Å². The Morgan fingerprint density at radius 2 is 1.82 bits per heavy atom. The highest BCUT2D eigenvalue weighted by atomic mass is 16.6. The molecule has 0 bridgehead atoms. The highest BCUT2D eigenvalue weighted by Gasteiger charge is 2.42. The molecule has 2 aliphatic rings. The number of nitro benzene ring substituents is 1. The fraction of sp³-hybridized carbons (Fsp3) is 0.233. The number of carbonyl (C=O) groups excluding carboxylic acids is 1. The molecule has 9 heteroatoms. The first-order valence-corrected chi connectivity index (χ1v) is 12.8. The van der Waals surface area contributed by atoms with E-state index in [9.17, 15) is 14.9 Å². The van der Waals surface area contributed by atoms with Gasteiger partial charge in [-0.1, -0.05) is 68.4 Å². The van der Waals surface area contributed by atoms with E-state index in [1.807, 2.05) is 54.6 Å². The Balaban J connectivity index is 1.38. The number of benzene rings is 3. The van der Waals surface area contributed by atoms with E-state index in [-0.39, 0.29) is 16.9 Å². The highest BCUT2D eigenvalue weighted by molar-refractivity contribution is 6.00. The predicted octanol–water partition coefficient (Wildman–Crippen LogP) is 6.09. The topological polar surface area (TPSA) is 112 Å². The van der Waals surface area contributed by atoms with Gasteiger partial charge >= 0.3 is 0 Å². The third-order valence-corrected chi connectivity index (χ3v) is 7.09. The van der Waals surface area contributed by atoms with Gasteiger partial charge in [-0.15, -0.1) is 5.10 Å². The highest BCUT2D eigenvalue weighted by Crippen LogP contribution is 2.46. The average Bonchev–Trinajstić information content (AvgIpc) is 3.35. The molecule has 0 saturated heterocycles. The molecule has 2 heterocycles. The van der Waals surface area contributed by atoms with E-state index >= 15 is 0 Å². The molecule has 1 aliphatic heterocycles. The van der Waals surface area contributed by atoms with Crippen LogP contribution in [0.1, 0.15) is 43.9 Å². The van der Waals surface area contributed by atoms with Crippen LogP contribution in [0, 0.1) is 15.5 Å². The van der Waals surface area contributed by atoms with Gasteiger partial charge in [0.1, 0.15) is 18.4 Å². The minimum absolute atomic E-state index is 0.0368. The van der Waals surface area contributed by atoms with Crippen molar-refractivity contribution in [3.8, 4) is 17.1 Å². The molecule has 0 spiro atoms. The van der Waals surface area contributed by atoms with Crippen molar-refractivity contribution >= 4 is 17.4 Å². The van der Waals surface area contributed by atoms with Crippen molar-refractivity contribution in [2.45, 2.75) is 39.3 Å². The number of anilines is 1. The zero-order valence-electron chi connectivity index (χ0n) is 21.6. The zero-order chi connectivity index (χ0) is 27.1. The Kier molecular flexibility index (Phi) is 5.98. The molecule has 1 aromatic heterocycles. The summed E-state index contributed by atoms with van der Waals surface area (Å²) in [4.78, 5) is 29.1. The van der Waals surface area contributed by atoms with Crippen LogP contribution in [0.25, 0.3) is 11.4 Å². The maximum atomic E-state index is 13.5. The number of hydrogen-bond acceptors (Lipinski definition) is 7. The maximum absolute atomic E-state index is 13.5. The van der Waals surface area contributed by atoms with Gasteiger partial charge in [0.2, 0.25) is 5.95 Å². The van der Waals surface area contributed by atoms with Crippen LogP contribution in [0.3, 0.4) is 0 Å². The molecule has 6 rings (SSSR count). The number of fused-ring (bicyclic) bond motifs is 1. The Morgan fingerprint density at radius 1 is 1.05 bits per heavy atom. The van der Waals surface area contributed by atoms with Crippen LogP contribution < -0.4 is 10.1 Å². The van der Waals surface area contributed by atoms with E-state index in [0.717, 1.165) is 22.6 Å². The second-order valence-corrected chi connectivity index (χ2v) is 10.7. The maximum Gasteiger partial charge on any atom is 0.270 e. The van der Waals surface area contributed by atoms with Gasteiger partial charge in [0, 0.05) is 35.4 Å². The van der Waals surface area contributed by atoms with Crippen LogP contribution >= 0.6 is 0 Å². The molecule has 1 aliphatic carbocycles. The quantitative estimate of drug-likeness (QED) is 0.241. The van der Waals surface area contributed by atoms with Crippen molar-refractivity contribution in [3.63, 3.8) is 0 Å². The number of rotatable bonds is 6. The first-order chi connectivity index (χ1) is 18.8. The third-order valence-electron chi connectivity index (χ3n) is 7.09. The number of carbonyl (C=O) groups is 1. The van der Waals surface area contributed by atoms with Crippen LogP contribution in [-0.2, 0) is 11.4 Å². The monoisotopic (exact) mass is 521 g/mol. The SMILES string of the molecule is CC1(C)CC(=O)C2=C(C1)Nc1nc(-c3cccc([N+](=O)[O-])c3)nn1C2c1ccc(OCc2ccccc2)cc1. The predicted molar refractivity (Wildman–Crippen MR) is 146 cm³/mol. The Labute approximate surface area is 225 Å². The lowest BCUT2D eigenvalue weighted by Crippen LogP contribution is -2.36. The van der Waals surface area contributed by atoms with Gasteiger partial charge in [0.15, 0.2) is 11.6 Å². The number of allylic oxidation sites excluding steroid dienone is 2. The van der Waals surface area contributed by atoms with Gasteiger partial charge in [0.25, 0.3) is 5.69 Å². The smallest absolute Gasteiger partial charge is 0.270 e. The molecule has 0 radical (unpaired) electrons. The molecule has 4 aromatic rings. The molecule has 39 heavy (non-hydrogen) atoms. The first-order valence-electron chi connectivity index (χ1n) is 12.8. The number of nitrogens with zero attached hydrogens (tertiary/aromatic N) is 4. The van der Waals surface area contributed by atoms with E-state index < -0.39 is 11.0 Å². The van der Waals surface area contributed by atoms with Gasteiger partial charge < -0.3 is 10.1 Å². The summed E-state index contributed by atoms with van der Waals surface area (Å²) in [6.45, 7) is 4.62. The van der Waals surface area contributed by atoms with Crippen LogP contribution in [0.5, 0.6) is 5.75 Å². The fourth-order valence-corrected chi connectivity index (χ4v) is 5.29. The van der Waals surface area contributed by atoms with Gasteiger partial charge in [-0.05, 0) is 35.1 Å². The molecule has 0 fully saturated rings. The van der Waals surface area contributed by atoms with Crippen LogP contribution in [0.15, 0.2) is 90.1 Å². The lowest BCUT2D eigenvalue weighted by Gasteiger charge is -2.38. The Hall–Kier alpha value is -4.79. The van der Waals surface area contributed by atoms with Crippen LogP contribution in [-0.4, -0.2) is 25.5 Å². The van der Waals surface area contributed by atoms with Crippen LogP contribution in [0.4, 0.5) is 11.6 Å². The van der Waals surface area contributed by atoms with Crippen molar-refractivity contribution in [3.05, 3.63) is 111 Å². The number of ketones is 1. The summed E-state index contributed by atoms with van der Waals surface area (Å²) in [6.07, 6.45) is 1.13. The molecule has 0 amide bonds. The van der Waals surface area contributed by atoms with E-state index in [4.69, 9.17) is 9.84 Å². The summed E-state index contributed by atoms with van der Waals surface area (Å²) in [5.74, 6) is 1.63. The van der Waals surface area contributed by atoms with Gasteiger partial charge in [0.05, 0.1) is 4.92 Å². The number of non-ortho nitro benzene ring substituents is 1. The first kappa shape index (κ1) is 24.5. The Bertz CT molecular complexity index is 1610.